The van der Waals surface area contributed by atoms with Crippen LogP contribution in [0.1, 0.15) is 34.0 Å². The summed E-state index contributed by atoms with van der Waals surface area (Å²) in [5.41, 5.74) is 7.16. The second-order valence-corrected chi connectivity index (χ2v) is 5.09. The lowest BCUT2D eigenvalue weighted by atomic mass is 10.2. The van der Waals surface area contributed by atoms with Crippen LogP contribution in [0.3, 0.4) is 0 Å². The van der Waals surface area contributed by atoms with E-state index in [0.717, 1.165) is 5.56 Å². The van der Waals surface area contributed by atoms with Crippen molar-refractivity contribution in [1.29, 1.82) is 0 Å². The topological polar surface area (TPSA) is 82.3 Å². The zero-order valence-electron chi connectivity index (χ0n) is 11.2. The number of anilines is 1. The summed E-state index contributed by atoms with van der Waals surface area (Å²) in [4.78, 5) is 28.0. The maximum absolute atomic E-state index is 11.8. The average Bonchev–Trinajstić information content (AvgIpc) is 2.85. The summed E-state index contributed by atoms with van der Waals surface area (Å²) in [6.07, 6.45) is 0. The number of hydrogen-bond acceptors (Lipinski definition) is 6. The quantitative estimate of drug-likeness (QED) is 0.532. The number of nitrogens with two attached hydrogens (primary N) is 1. The SMILES string of the molecule is CCOC(=O)c1nc(-c2ccc(N)cc2)sc1C(C)=O. The molecule has 2 aromatic rings. The molecule has 0 saturated heterocycles. The number of thiazole rings is 1. The van der Waals surface area contributed by atoms with E-state index in [1.165, 1.54) is 18.3 Å². The molecular weight excluding hydrogens is 276 g/mol. The Balaban J connectivity index is 2.46. The minimum Gasteiger partial charge on any atom is -0.461 e. The van der Waals surface area contributed by atoms with E-state index in [1.54, 1.807) is 31.2 Å². The van der Waals surface area contributed by atoms with E-state index in [1.807, 2.05) is 0 Å². The Morgan fingerprint density at radius 3 is 2.50 bits per heavy atom. The van der Waals surface area contributed by atoms with Gasteiger partial charge >= 0.3 is 5.97 Å². The minimum absolute atomic E-state index is 0.0798. The first-order valence-corrected chi connectivity index (χ1v) is 6.89. The van der Waals surface area contributed by atoms with Crippen molar-refractivity contribution in [1.82, 2.24) is 4.98 Å². The summed E-state index contributed by atoms with van der Waals surface area (Å²) in [5.74, 6) is -0.775. The first-order chi connectivity index (χ1) is 9.52. The van der Waals surface area contributed by atoms with Gasteiger partial charge in [0.2, 0.25) is 0 Å². The van der Waals surface area contributed by atoms with Crippen LogP contribution in [0.15, 0.2) is 24.3 Å². The molecule has 104 valence electrons. The highest BCUT2D eigenvalue weighted by Gasteiger charge is 2.22. The van der Waals surface area contributed by atoms with E-state index in [9.17, 15) is 9.59 Å². The Morgan fingerprint density at radius 2 is 1.95 bits per heavy atom. The molecule has 20 heavy (non-hydrogen) atoms. The van der Waals surface area contributed by atoms with Crippen molar-refractivity contribution in [2.45, 2.75) is 13.8 Å². The van der Waals surface area contributed by atoms with Crippen LogP contribution in [0.5, 0.6) is 0 Å². The summed E-state index contributed by atoms with van der Waals surface area (Å²) in [6.45, 7) is 3.35. The largest absolute Gasteiger partial charge is 0.461 e. The van der Waals surface area contributed by atoms with Gasteiger partial charge in [0.15, 0.2) is 11.5 Å². The van der Waals surface area contributed by atoms with Crippen molar-refractivity contribution < 1.29 is 14.3 Å². The number of hydrogen-bond donors (Lipinski definition) is 1. The van der Waals surface area contributed by atoms with Crippen molar-refractivity contribution in [3.63, 3.8) is 0 Å². The number of benzene rings is 1. The Labute approximate surface area is 120 Å². The van der Waals surface area contributed by atoms with Gasteiger partial charge in [-0.1, -0.05) is 0 Å². The van der Waals surface area contributed by atoms with Crippen molar-refractivity contribution in [3.05, 3.63) is 34.8 Å². The van der Waals surface area contributed by atoms with Crippen molar-refractivity contribution >= 4 is 28.8 Å². The van der Waals surface area contributed by atoms with E-state index in [-0.39, 0.29) is 18.1 Å². The number of ether oxygens (including phenoxy) is 1. The van der Waals surface area contributed by atoms with Crippen LogP contribution < -0.4 is 5.73 Å². The average molecular weight is 290 g/mol. The van der Waals surface area contributed by atoms with Gasteiger partial charge in [-0.2, -0.15) is 0 Å². The van der Waals surface area contributed by atoms with Gasteiger partial charge < -0.3 is 10.5 Å². The molecule has 0 unspecified atom stereocenters. The lowest BCUT2D eigenvalue weighted by Gasteiger charge is -1.99. The molecule has 2 N–H and O–H groups in total. The van der Waals surface area contributed by atoms with E-state index in [0.29, 0.717) is 15.6 Å². The molecule has 6 heteroatoms. The van der Waals surface area contributed by atoms with E-state index in [4.69, 9.17) is 10.5 Å². The molecule has 0 radical (unpaired) electrons. The third kappa shape index (κ3) is 2.85. The number of ketones is 1. The van der Waals surface area contributed by atoms with Crippen molar-refractivity contribution in [2.75, 3.05) is 12.3 Å². The maximum atomic E-state index is 11.8. The van der Waals surface area contributed by atoms with Crippen molar-refractivity contribution in [3.8, 4) is 10.6 Å². The molecular formula is C14H14N2O3S. The molecule has 1 aromatic carbocycles. The van der Waals surface area contributed by atoms with E-state index in [2.05, 4.69) is 4.98 Å². The Hall–Kier alpha value is -2.21. The van der Waals surface area contributed by atoms with Gasteiger partial charge in [-0.3, -0.25) is 4.79 Å². The summed E-state index contributed by atoms with van der Waals surface area (Å²) < 4.78 is 4.92. The molecule has 2 rings (SSSR count). The van der Waals surface area contributed by atoms with Gasteiger partial charge in [0.1, 0.15) is 9.88 Å². The third-order valence-electron chi connectivity index (χ3n) is 2.57. The fourth-order valence-electron chi connectivity index (χ4n) is 1.65. The molecule has 0 amide bonds. The number of esters is 1. The zero-order valence-corrected chi connectivity index (χ0v) is 12.0. The van der Waals surface area contributed by atoms with Gasteiger partial charge in [-0.15, -0.1) is 11.3 Å². The highest BCUT2D eigenvalue weighted by Crippen LogP contribution is 2.29. The van der Waals surface area contributed by atoms with Gasteiger partial charge in [-0.25, -0.2) is 9.78 Å². The minimum atomic E-state index is -0.573. The molecule has 0 spiro atoms. The summed E-state index contributed by atoms with van der Waals surface area (Å²) >= 11 is 1.18. The first kappa shape index (κ1) is 14.2. The number of nitrogen functional groups attached to an aromatic ring is 1. The highest BCUT2D eigenvalue weighted by molar-refractivity contribution is 7.17. The summed E-state index contributed by atoms with van der Waals surface area (Å²) in [7, 11) is 0. The van der Waals surface area contributed by atoms with Gasteiger partial charge in [-0.05, 0) is 31.2 Å². The van der Waals surface area contributed by atoms with Gasteiger partial charge in [0.05, 0.1) is 6.61 Å². The lowest BCUT2D eigenvalue weighted by molar-refractivity contribution is 0.0517. The number of carbonyl (C=O) groups excluding carboxylic acids is 2. The van der Waals surface area contributed by atoms with Crippen LogP contribution in [0.2, 0.25) is 0 Å². The molecule has 0 atom stereocenters. The molecule has 0 aliphatic heterocycles. The molecule has 1 aromatic heterocycles. The predicted molar refractivity (Wildman–Crippen MR) is 77.9 cm³/mol. The summed E-state index contributed by atoms with van der Waals surface area (Å²) in [6, 6.07) is 7.09. The molecule has 0 saturated carbocycles. The fraction of sp³-hybridized carbons (Fsp3) is 0.214. The second-order valence-electron chi connectivity index (χ2n) is 4.10. The molecule has 0 aliphatic carbocycles. The first-order valence-electron chi connectivity index (χ1n) is 6.07. The number of Topliss-reactive ketones (excluding diaryl/α,β-unsaturated/α-hetero) is 1. The number of nitrogens with zero attached hydrogens (tertiary/aromatic N) is 1. The third-order valence-corrected chi connectivity index (χ3v) is 3.78. The van der Waals surface area contributed by atoms with E-state index >= 15 is 0 Å². The van der Waals surface area contributed by atoms with Crippen LogP contribution >= 0.6 is 11.3 Å². The molecule has 0 bridgehead atoms. The van der Waals surface area contributed by atoms with Crippen LogP contribution in [0.4, 0.5) is 5.69 Å². The summed E-state index contributed by atoms with van der Waals surface area (Å²) in [5, 5.41) is 0.596. The number of aromatic nitrogens is 1. The van der Waals surface area contributed by atoms with Gasteiger partial charge in [0, 0.05) is 18.2 Å². The molecule has 0 aliphatic rings. The number of rotatable bonds is 4. The van der Waals surface area contributed by atoms with Crippen LogP contribution in [0.25, 0.3) is 10.6 Å². The smallest absolute Gasteiger partial charge is 0.358 e. The van der Waals surface area contributed by atoms with Crippen molar-refractivity contribution in [2.24, 2.45) is 0 Å². The lowest BCUT2D eigenvalue weighted by Crippen LogP contribution is -2.09. The molecule has 5 nitrogen and oxygen atoms in total. The number of carbonyl (C=O) groups is 2. The highest BCUT2D eigenvalue weighted by atomic mass is 32.1. The Morgan fingerprint density at radius 1 is 1.30 bits per heavy atom. The molecule has 0 fully saturated rings. The maximum Gasteiger partial charge on any atom is 0.358 e. The predicted octanol–water partition coefficient (Wildman–Crippen LogP) is 2.77. The van der Waals surface area contributed by atoms with E-state index < -0.39 is 5.97 Å². The van der Waals surface area contributed by atoms with Crippen LogP contribution in [-0.2, 0) is 4.74 Å². The Kier molecular flexibility index (Phi) is 4.14. The molecule has 1 heterocycles. The zero-order chi connectivity index (χ0) is 14.7. The standard InChI is InChI=1S/C14H14N2O3S/c1-3-19-14(18)11-12(8(2)17)20-13(16-11)9-4-6-10(15)7-5-9/h4-7H,3,15H2,1-2H3. The monoisotopic (exact) mass is 290 g/mol. The van der Waals surface area contributed by atoms with Gasteiger partial charge in [0.25, 0.3) is 0 Å². The second kappa shape index (κ2) is 5.83. The van der Waals surface area contributed by atoms with Crippen LogP contribution in [-0.4, -0.2) is 23.3 Å². The van der Waals surface area contributed by atoms with Crippen LogP contribution in [0, 0.1) is 0 Å². The Bertz CT molecular complexity index is 647. The normalized spacial score (nSPS) is 10.3. The fourth-order valence-corrected chi connectivity index (χ4v) is 2.60.